The maximum atomic E-state index is 14.6. The molecule has 1 amide bonds. The molecule has 0 saturated carbocycles. The first-order chi connectivity index (χ1) is 16.5. The first-order valence-corrected chi connectivity index (χ1v) is 10.4. The minimum atomic E-state index is -0.650. The number of hydrogen-bond donors (Lipinski definition) is 1. The summed E-state index contributed by atoms with van der Waals surface area (Å²) in [6.07, 6.45) is 0. The van der Waals surface area contributed by atoms with Crippen LogP contribution in [-0.4, -0.2) is 35.9 Å². The SMILES string of the molecule is Cc1nnnn1-c1ccc(F)c(NC(=O)c2nn(Cc3ccccc3)c(=O)c3ccccc23)c1. The molecule has 2 heterocycles. The van der Waals surface area contributed by atoms with Gasteiger partial charge < -0.3 is 5.32 Å². The molecule has 0 aliphatic rings. The van der Waals surface area contributed by atoms with E-state index in [1.165, 1.54) is 27.6 Å². The van der Waals surface area contributed by atoms with Gasteiger partial charge >= 0.3 is 0 Å². The molecule has 0 unspecified atom stereocenters. The Bertz CT molecular complexity index is 1580. The van der Waals surface area contributed by atoms with Crippen LogP contribution in [0.1, 0.15) is 21.9 Å². The van der Waals surface area contributed by atoms with Crippen molar-refractivity contribution in [2.75, 3.05) is 5.32 Å². The van der Waals surface area contributed by atoms with E-state index in [9.17, 15) is 14.0 Å². The normalized spacial score (nSPS) is 11.0. The Morgan fingerprint density at radius 1 is 1.00 bits per heavy atom. The molecular weight excluding hydrogens is 437 g/mol. The number of aromatic nitrogens is 6. The van der Waals surface area contributed by atoms with Gasteiger partial charge in [-0.25, -0.2) is 9.07 Å². The number of carbonyl (C=O) groups is 1. The van der Waals surface area contributed by atoms with Gasteiger partial charge in [-0.15, -0.1) is 5.10 Å². The van der Waals surface area contributed by atoms with E-state index in [2.05, 4.69) is 25.9 Å². The van der Waals surface area contributed by atoms with Crippen LogP contribution >= 0.6 is 0 Å². The number of benzene rings is 3. The van der Waals surface area contributed by atoms with E-state index in [4.69, 9.17) is 0 Å². The molecule has 0 radical (unpaired) electrons. The second-order valence-corrected chi connectivity index (χ2v) is 7.60. The highest BCUT2D eigenvalue weighted by Gasteiger charge is 2.19. The molecule has 1 N–H and O–H groups in total. The molecule has 3 aromatic carbocycles. The molecular formula is C24H18FN7O2. The zero-order valence-electron chi connectivity index (χ0n) is 18.0. The minimum absolute atomic E-state index is 0.00883. The number of tetrazole rings is 1. The lowest BCUT2D eigenvalue weighted by atomic mass is 10.1. The zero-order chi connectivity index (χ0) is 23.7. The smallest absolute Gasteiger partial charge is 0.276 e. The van der Waals surface area contributed by atoms with E-state index in [0.29, 0.717) is 22.3 Å². The average molecular weight is 455 g/mol. The summed E-state index contributed by atoms with van der Waals surface area (Å²) in [7, 11) is 0. The van der Waals surface area contributed by atoms with E-state index in [0.717, 1.165) is 5.56 Å². The second-order valence-electron chi connectivity index (χ2n) is 7.60. The predicted octanol–water partition coefficient (Wildman–Crippen LogP) is 3.12. The van der Waals surface area contributed by atoms with Crippen molar-refractivity contribution >= 4 is 22.4 Å². The predicted molar refractivity (Wildman–Crippen MR) is 123 cm³/mol. The first kappa shape index (κ1) is 21.1. The Hall–Kier alpha value is -4.73. The van der Waals surface area contributed by atoms with Crippen LogP contribution in [0.15, 0.2) is 77.6 Å². The topological polar surface area (TPSA) is 108 Å². The van der Waals surface area contributed by atoms with E-state index in [1.54, 1.807) is 31.2 Å². The lowest BCUT2D eigenvalue weighted by Gasteiger charge is -2.12. The van der Waals surface area contributed by atoms with Crippen LogP contribution in [0, 0.1) is 12.7 Å². The van der Waals surface area contributed by atoms with Crippen molar-refractivity contribution in [1.82, 2.24) is 30.0 Å². The molecule has 9 nitrogen and oxygen atoms in total. The zero-order valence-corrected chi connectivity index (χ0v) is 18.0. The summed E-state index contributed by atoms with van der Waals surface area (Å²) >= 11 is 0. The number of anilines is 1. The van der Waals surface area contributed by atoms with Crippen molar-refractivity contribution < 1.29 is 9.18 Å². The molecule has 2 aromatic heterocycles. The molecule has 5 aromatic rings. The quantitative estimate of drug-likeness (QED) is 0.436. The minimum Gasteiger partial charge on any atom is -0.318 e. The van der Waals surface area contributed by atoms with Crippen LogP contribution in [0.5, 0.6) is 0 Å². The highest BCUT2D eigenvalue weighted by Crippen LogP contribution is 2.21. The monoisotopic (exact) mass is 455 g/mol. The summed E-state index contributed by atoms with van der Waals surface area (Å²) in [5, 5.41) is 18.9. The Balaban J connectivity index is 1.55. The van der Waals surface area contributed by atoms with Crippen molar-refractivity contribution in [2.24, 2.45) is 0 Å². The molecule has 0 saturated heterocycles. The molecule has 5 rings (SSSR count). The van der Waals surface area contributed by atoms with Crippen molar-refractivity contribution in [3.05, 3.63) is 106 Å². The van der Waals surface area contributed by atoms with Gasteiger partial charge in [0.15, 0.2) is 11.5 Å². The molecule has 34 heavy (non-hydrogen) atoms. The maximum Gasteiger partial charge on any atom is 0.276 e. The van der Waals surface area contributed by atoms with Crippen LogP contribution in [0.25, 0.3) is 16.5 Å². The van der Waals surface area contributed by atoms with Crippen molar-refractivity contribution in [3.63, 3.8) is 0 Å². The lowest BCUT2D eigenvalue weighted by molar-refractivity contribution is 0.102. The van der Waals surface area contributed by atoms with Crippen LogP contribution in [-0.2, 0) is 6.54 Å². The number of nitrogens with zero attached hydrogens (tertiary/aromatic N) is 6. The number of rotatable bonds is 5. The number of aryl methyl sites for hydroxylation is 1. The fourth-order valence-electron chi connectivity index (χ4n) is 3.66. The first-order valence-electron chi connectivity index (χ1n) is 10.4. The van der Waals surface area contributed by atoms with Crippen LogP contribution in [0.2, 0.25) is 0 Å². The second kappa shape index (κ2) is 8.66. The highest BCUT2D eigenvalue weighted by molar-refractivity contribution is 6.11. The number of halogens is 1. The molecule has 0 aliphatic heterocycles. The van der Waals surface area contributed by atoms with Crippen LogP contribution < -0.4 is 10.9 Å². The number of hydrogen-bond acceptors (Lipinski definition) is 6. The Labute approximate surface area is 192 Å². The van der Waals surface area contributed by atoms with Gasteiger partial charge in [0.05, 0.1) is 23.3 Å². The molecule has 0 bridgehead atoms. The Kier molecular flexibility index (Phi) is 5.38. The fourth-order valence-corrected chi connectivity index (χ4v) is 3.66. The van der Waals surface area contributed by atoms with Gasteiger partial charge in [-0.1, -0.05) is 48.5 Å². The van der Waals surface area contributed by atoms with Gasteiger partial charge in [-0.3, -0.25) is 9.59 Å². The molecule has 0 spiro atoms. The van der Waals surface area contributed by atoms with Gasteiger partial charge in [0.1, 0.15) is 5.82 Å². The summed E-state index contributed by atoms with van der Waals surface area (Å²) in [5.74, 6) is -0.781. The van der Waals surface area contributed by atoms with E-state index >= 15 is 0 Å². The van der Waals surface area contributed by atoms with Gasteiger partial charge in [0.2, 0.25) is 0 Å². The summed E-state index contributed by atoms with van der Waals surface area (Å²) in [4.78, 5) is 26.3. The van der Waals surface area contributed by atoms with Crippen molar-refractivity contribution in [2.45, 2.75) is 13.5 Å². The number of carbonyl (C=O) groups excluding carboxylic acids is 1. The molecule has 168 valence electrons. The average Bonchev–Trinajstić information content (AvgIpc) is 3.28. The van der Waals surface area contributed by atoms with E-state index in [-0.39, 0.29) is 23.5 Å². The Morgan fingerprint density at radius 2 is 1.74 bits per heavy atom. The molecule has 0 atom stereocenters. The van der Waals surface area contributed by atoms with Crippen LogP contribution in [0.4, 0.5) is 10.1 Å². The summed E-state index contributed by atoms with van der Waals surface area (Å²) in [6.45, 7) is 1.89. The lowest BCUT2D eigenvalue weighted by Crippen LogP contribution is -2.28. The van der Waals surface area contributed by atoms with E-state index in [1.807, 2.05) is 30.3 Å². The van der Waals surface area contributed by atoms with Crippen molar-refractivity contribution in [1.29, 1.82) is 0 Å². The van der Waals surface area contributed by atoms with E-state index < -0.39 is 11.7 Å². The number of fused-ring (bicyclic) bond motifs is 1. The summed E-state index contributed by atoms with van der Waals surface area (Å²) in [5.41, 5.74) is 0.956. The summed E-state index contributed by atoms with van der Waals surface area (Å²) in [6, 6.07) is 20.2. The summed E-state index contributed by atoms with van der Waals surface area (Å²) < 4.78 is 17.2. The number of amides is 1. The third kappa shape index (κ3) is 3.92. The third-order valence-electron chi connectivity index (χ3n) is 5.33. The molecule has 0 aliphatic carbocycles. The standard InChI is InChI=1S/C24H18FN7O2/c1-15-27-29-30-32(15)17-11-12-20(25)21(13-17)26-23(33)22-18-9-5-6-10-19(18)24(34)31(28-22)14-16-7-3-2-4-8-16/h2-13H,14H2,1H3,(H,26,33). The number of nitrogens with one attached hydrogen (secondary N) is 1. The van der Waals surface area contributed by atoms with Crippen LogP contribution in [0.3, 0.4) is 0 Å². The largest absolute Gasteiger partial charge is 0.318 e. The Morgan fingerprint density at radius 3 is 2.47 bits per heavy atom. The van der Waals surface area contributed by atoms with Gasteiger partial charge in [0, 0.05) is 5.39 Å². The molecule has 10 heteroatoms. The van der Waals surface area contributed by atoms with Crippen molar-refractivity contribution in [3.8, 4) is 5.69 Å². The molecule has 0 fully saturated rings. The third-order valence-corrected chi connectivity index (χ3v) is 5.33. The van der Waals surface area contributed by atoms with Gasteiger partial charge in [0.25, 0.3) is 11.5 Å². The highest BCUT2D eigenvalue weighted by atomic mass is 19.1. The fraction of sp³-hybridized carbons (Fsp3) is 0.0833. The van der Waals surface area contributed by atoms with Gasteiger partial charge in [-0.2, -0.15) is 9.78 Å². The maximum absolute atomic E-state index is 14.6. The van der Waals surface area contributed by atoms with Gasteiger partial charge in [-0.05, 0) is 47.2 Å².